The number of benzene rings is 2. The van der Waals surface area contributed by atoms with Gasteiger partial charge in [-0.25, -0.2) is 19.0 Å². The second kappa shape index (κ2) is 9.62. The van der Waals surface area contributed by atoms with Crippen molar-refractivity contribution < 1.29 is 9.13 Å². The van der Waals surface area contributed by atoms with Gasteiger partial charge in [-0.05, 0) is 44.0 Å². The molecule has 3 aromatic heterocycles. The Morgan fingerprint density at radius 3 is 2.32 bits per heavy atom. The fraction of sp³-hybridized carbons (Fsp3) is 0.214. The molecule has 2 aromatic carbocycles. The standard InChI is InChI=1S/C28H27FN8O/c1-17-20-15-21(26-32-24(30)23(25(31)33-26)36-13-7-8-14-36)28(38-16-18-9-5-6-12-22(18)29)34-27(20)37(35-17)19-10-3-2-4-11-19/h2-6,9-12,15H,7-8,13-14,16H2,1H3,(H4,30,31,32,33). The van der Waals surface area contributed by atoms with Gasteiger partial charge in [-0.3, -0.25) is 0 Å². The van der Waals surface area contributed by atoms with E-state index in [0.717, 1.165) is 42.7 Å². The van der Waals surface area contributed by atoms with Crippen molar-refractivity contribution in [2.24, 2.45) is 0 Å². The summed E-state index contributed by atoms with van der Waals surface area (Å²) in [4.78, 5) is 16.2. The van der Waals surface area contributed by atoms with Gasteiger partial charge in [-0.1, -0.05) is 36.4 Å². The van der Waals surface area contributed by atoms with Crippen molar-refractivity contribution in [1.82, 2.24) is 24.7 Å². The molecule has 0 aliphatic carbocycles. The first-order chi connectivity index (χ1) is 18.5. The van der Waals surface area contributed by atoms with Gasteiger partial charge in [0.2, 0.25) is 5.88 Å². The molecule has 9 nitrogen and oxygen atoms in total. The summed E-state index contributed by atoms with van der Waals surface area (Å²) < 4.78 is 22.2. The molecule has 1 saturated heterocycles. The van der Waals surface area contributed by atoms with Crippen LogP contribution < -0.4 is 21.1 Å². The fourth-order valence-corrected chi connectivity index (χ4v) is 4.82. The molecule has 0 unspecified atom stereocenters. The van der Waals surface area contributed by atoms with Gasteiger partial charge in [-0.2, -0.15) is 10.1 Å². The number of para-hydroxylation sites is 1. The zero-order valence-corrected chi connectivity index (χ0v) is 20.9. The lowest BCUT2D eigenvalue weighted by Gasteiger charge is -2.21. The quantitative estimate of drug-likeness (QED) is 0.338. The first-order valence-corrected chi connectivity index (χ1v) is 12.5. The molecule has 0 spiro atoms. The van der Waals surface area contributed by atoms with E-state index in [0.29, 0.717) is 34.1 Å². The Kier molecular flexibility index (Phi) is 5.99. The number of anilines is 3. The molecule has 5 aromatic rings. The van der Waals surface area contributed by atoms with Crippen molar-refractivity contribution in [3.8, 4) is 23.0 Å². The molecule has 10 heteroatoms. The number of pyridine rings is 1. The SMILES string of the molecule is Cc1nn(-c2ccccc2)c2nc(OCc3ccccc3F)c(-c3nc(N)c(N4CCCC4)c(N)n3)cc12. The van der Waals surface area contributed by atoms with E-state index in [1.807, 2.05) is 43.3 Å². The molecule has 4 N–H and O–H groups in total. The van der Waals surface area contributed by atoms with Crippen LogP contribution in [0.1, 0.15) is 24.1 Å². The predicted octanol–water partition coefficient (Wildman–Crippen LogP) is 4.67. The molecule has 1 aliphatic rings. The van der Waals surface area contributed by atoms with E-state index in [-0.39, 0.29) is 24.1 Å². The summed E-state index contributed by atoms with van der Waals surface area (Å²) in [7, 11) is 0. The molecular weight excluding hydrogens is 483 g/mol. The summed E-state index contributed by atoms with van der Waals surface area (Å²) in [6.45, 7) is 3.60. The molecule has 0 bridgehead atoms. The van der Waals surface area contributed by atoms with Gasteiger partial charge in [0.1, 0.15) is 18.1 Å². The van der Waals surface area contributed by atoms with E-state index in [9.17, 15) is 4.39 Å². The molecule has 0 amide bonds. The lowest BCUT2D eigenvalue weighted by Crippen LogP contribution is -2.22. The van der Waals surface area contributed by atoms with E-state index in [1.54, 1.807) is 22.9 Å². The van der Waals surface area contributed by atoms with Gasteiger partial charge in [-0.15, -0.1) is 0 Å². The molecule has 192 valence electrons. The van der Waals surface area contributed by atoms with Crippen LogP contribution in [-0.4, -0.2) is 37.8 Å². The highest BCUT2D eigenvalue weighted by Crippen LogP contribution is 2.37. The lowest BCUT2D eigenvalue weighted by atomic mass is 10.1. The third-order valence-electron chi connectivity index (χ3n) is 6.73. The summed E-state index contributed by atoms with van der Waals surface area (Å²) in [5, 5.41) is 5.51. The van der Waals surface area contributed by atoms with E-state index >= 15 is 0 Å². The zero-order valence-electron chi connectivity index (χ0n) is 20.9. The van der Waals surface area contributed by atoms with Gasteiger partial charge in [0, 0.05) is 24.0 Å². The minimum absolute atomic E-state index is 0.0343. The Balaban J connectivity index is 1.50. The van der Waals surface area contributed by atoms with E-state index in [1.165, 1.54) is 6.07 Å². The highest BCUT2D eigenvalue weighted by atomic mass is 19.1. The number of ether oxygens (including phenoxy) is 1. The zero-order chi connectivity index (χ0) is 26.2. The van der Waals surface area contributed by atoms with E-state index in [2.05, 4.69) is 14.9 Å². The Morgan fingerprint density at radius 1 is 0.921 bits per heavy atom. The van der Waals surface area contributed by atoms with Crippen LogP contribution in [0.25, 0.3) is 28.1 Å². The lowest BCUT2D eigenvalue weighted by molar-refractivity contribution is 0.290. The van der Waals surface area contributed by atoms with Crippen LogP contribution in [0, 0.1) is 12.7 Å². The Morgan fingerprint density at radius 2 is 1.61 bits per heavy atom. The van der Waals surface area contributed by atoms with Crippen molar-refractivity contribution in [1.29, 1.82) is 0 Å². The number of nitrogens with two attached hydrogens (primary N) is 2. The Labute approximate surface area is 218 Å². The molecule has 6 rings (SSSR count). The summed E-state index contributed by atoms with van der Waals surface area (Å²) in [6.07, 6.45) is 2.14. The number of aromatic nitrogens is 5. The van der Waals surface area contributed by atoms with Crippen LogP contribution in [0.2, 0.25) is 0 Å². The summed E-state index contributed by atoms with van der Waals surface area (Å²) in [5.41, 5.74) is 16.6. The van der Waals surface area contributed by atoms with Gasteiger partial charge in [0.15, 0.2) is 23.1 Å². The number of halogens is 1. The molecule has 0 radical (unpaired) electrons. The molecule has 1 fully saturated rings. The van der Waals surface area contributed by atoms with Crippen molar-refractivity contribution in [3.63, 3.8) is 0 Å². The van der Waals surface area contributed by atoms with Crippen LogP contribution in [0.15, 0.2) is 60.7 Å². The van der Waals surface area contributed by atoms with Crippen molar-refractivity contribution >= 4 is 28.4 Å². The number of rotatable bonds is 6. The van der Waals surface area contributed by atoms with Gasteiger partial charge < -0.3 is 21.1 Å². The summed E-state index contributed by atoms with van der Waals surface area (Å²) in [6, 6.07) is 18.0. The van der Waals surface area contributed by atoms with Crippen LogP contribution in [0.4, 0.5) is 21.7 Å². The van der Waals surface area contributed by atoms with Gasteiger partial charge >= 0.3 is 0 Å². The monoisotopic (exact) mass is 510 g/mol. The minimum Gasteiger partial charge on any atom is -0.472 e. The third-order valence-corrected chi connectivity index (χ3v) is 6.73. The highest BCUT2D eigenvalue weighted by Gasteiger charge is 2.24. The maximum Gasteiger partial charge on any atom is 0.227 e. The second-order valence-electron chi connectivity index (χ2n) is 9.29. The van der Waals surface area contributed by atoms with Crippen LogP contribution >= 0.6 is 0 Å². The number of fused-ring (bicyclic) bond motifs is 1. The summed E-state index contributed by atoms with van der Waals surface area (Å²) in [5.74, 6) is 0.746. The highest BCUT2D eigenvalue weighted by molar-refractivity contribution is 5.87. The van der Waals surface area contributed by atoms with Crippen LogP contribution in [0.5, 0.6) is 5.88 Å². The first-order valence-electron chi connectivity index (χ1n) is 12.5. The largest absolute Gasteiger partial charge is 0.472 e. The van der Waals surface area contributed by atoms with E-state index < -0.39 is 0 Å². The number of nitrogens with zero attached hydrogens (tertiary/aromatic N) is 6. The van der Waals surface area contributed by atoms with Crippen molar-refractivity contribution in [2.45, 2.75) is 26.4 Å². The molecular formula is C28H27FN8O. The van der Waals surface area contributed by atoms with Crippen LogP contribution in [-0.2, 0) is 6.61 Å². The number of aryl methyl sites for hydroxylation is 1. The van der Waals surface area contributed by atoms with Gasteiger partial charge in [0.25, 0.3) is 0 Å². The molecule has 0 atom stereocenters. The third kappa shape index (κ3) is 4.23. The topological polar surface area (TPSA) is 121 Å². The summed E-state index contributed by atoms with van der Waals surface area (Å²) >= 11 is 0. The fourth-order valence-electron chi connectivity index (χ4n) is 4.82. The molecule has 4 heterocycles. The average Bonchev–Trinajstić information content (AvgIpc) is 3.56. The van der Waals surface area contributed by atoms with Crippen molar-refractivity contribution in [3.05, 3.63) is 77.7 Å². The van der Waals surface area contributed by atoms with Crippen molar-refractivity contribution in [2.75, 3.05) is 29.5 Å². The Bertz CT molecular complexity index is 1610. The maximum absolute atomic E-state index is 14.4. The maximum atomic E-state index is 14.4. The second-order valence-corrected chi connectivity index (χ2v) is 9.29. The number of hydrogen-bond acceptors (Lipinski definition) is 8. The number of nitrogen functional groups attached to an aromatic ring is 2. The first kappa shape index (κ1) is 23.7. The molecule has 0 saturated carbocycles. The molecule has 1 aliphatic heterocycles. The van der Waals surface area contributed by atoms with Crippen LogP contribution in [0.3, 0.4) is 0 Å². The minimum atomic E-state index is -0.361. The average molecular weight is 511 g/mol. The Hall–Kier alpha value is -4.73. The van der Waals surface area contributed by atoms with Gasteiger partial charge in [0.05, 0.1) is 16.9 Å². The van der Waals surface area contributed by atoms with E-state index in [4.69, 9.17) is 26.3 Å². The smallest absolute Gasteiger partial charge is 0.227 e. The normalized spacial score (nSPS) is 13.4. The predicted molar refractivity (Wildman–Crippen MR) is 146 cm³/mol. The molecule has 38 heavy (non-hydrogen) atoms. The number of hydrogen-bond donors (Lipinski definition) is 2.